The highest BCUT2D eigenvalue weighted by Crippen LogP contribution is 2.40. The summed E-state index contributed by atoms with van der Waals surface area (Å²) >= 11 is 0. The molecule has 2 aromatic rings. The molecule has 0 bridgehead atoms. The molecule has 0 saturated carbocycles. The van der Waals surface area contributed by atoms with Crippen LogP contribution in [0.25, 0.3) is 0 Å². The summed E-state index contributed by atoms with van der Waals surface area (Å²) in [7, 11) is 0. The molecule has 2 aliphatic heterocycles. The van der Waals surface area contributed by atoms with Crippen LogP contribution in [-0.4, -0.2) is 45.6 Å². The number of aryl methyl sites for hydroxylation is 1. The van der Waals surface area contributed by atoms with Gasteiger partial charge in [0.2, 0.25) is 5.91 Å². The van der Waals surface area contributed by atoms with Crippen LogP contribution in [0.1, 0.15) is 36.9 Å². The van der Waals surface area contributed by atoms with E-state index in [1.54, 1.807) is 12.4 Å². The summed E-state index contributed by atoms with van der Waals surface area (Å²) in [6, 6.07) is 8.06. The molecule has 136 valence electrons. The van der Waals surface area contributed by atoms with E-state index in [0.717, 1.165) is 49.6 Å². The maximum absolute atomic E-state index is 12.5. The van der Waals surface area contributed by atoms with Crippen molar-refractivity contribution in [2.45, 2.75) is 39.2 Å². The molecule has 26 heavy (non-hydrogen) atoms. The van der Waals surface area contributed by atoms with E-state index in [-0.39, 0.29) is 11.3 Å². The standard InChI is InChI=1S/C20H25N5O/c1-16-3-4-18(23-22-16)24-12-2-8-20(14-24)9-5-19(26)25(15-20)13-17-6-10-21-11-7-17/h3-4,6-7,10-11H,2,5,8-9,12-15H2,1H3. The van der Waals surface area contributed by atoms with E-state index in [2.05, 4.69) is 26.1 Å². The van der Waals surface area contributed by atoms with Gasteiger partial charge in [-0.1, -0.05) is 0 Å². The highest BCUT2D eigenvalue weighted by molar-refractivity contribution is 5.77. The summed E-state index contributed by atoms with van der Waals surface area (Å²) in [5.74, 6) is 1.21. The average Bonchev–Trinajstić information content (AvgIpc) is 2.67. The number of pyridine rings is 1. The average molecular weight is 351 g/mol. The van der Waals surface area contributed by atoms with E-state index >= 15 is 0 Å². The van der Waals surface area contributed by atoms with Crippen molar-refractivity contribution in [2.24, 2.45) is 5.41 Å². The summed E-state index contributed by atoms with van der Waals surface area (Å²) < 4.78 is 0. The van der Waals surface area contributed by atoms with Gasteiger partial charge in [0.05, 0.1) is 5.69 Å². The number of rotatable bonds is 3. The van der Waals surface area contributed by atoms with Gasteiger partial charge in [0.25, 0.3) is 0 Å². The van der Waals surface area contributed by atoms with Crippen LogP contribution in [0.3, 0.4) is 0 Å². The number of anilines is 1. The van der Waals surface area contributed by atoms with Crippen LogP contribution >= 0.6 is 0 Å². The van der Waals surface area contributed by atoms with Crippen molar-refractivity contribution in [3.8, 4) is 0 Å². The van der Waals surface area contributed by atoms with E-state index in [9.17, 15) is 4.79 Å². The lowest BCUT2D eigenvalue weighted by Gasteiger charge is -2.48. The zero-order valence-corrected chi connectivity index (χ0v) is 15.3. The first-order chi connectivity index (χ1) is 12.6. The maximum Gasteiger partial charge on any atom is 0.222 e. The molecule has 6 nitrogen and oxygen atoms in total. The van der Waals surface area contributed by atoms with Gasteiger partial charge in [0, 0.05) is 50.4 Å². The largest absolute Gasteiger partial charge is 0.355 e. The number of carbonyl (C=O) groups excluding carboxylic acids is 1. The molecule has 6 heteroatoms. The summed E-state index contributed by atoms with van der Waals surface area (Å²) in [6.45, 7) is 5.41. The minimum atomic E-state index is 0.158. The fourth-order valence-corrected chi connectivity index (χ4v) is 4.25. The van der Waals surface area contributed by atoms with Crippen molar-refractivity contribution >= 4 is 11.7 Å². The van der Waals surface area contributed by atoms with Crippen LogP contribution < -0.4 is 4.90 Å². The number of hydrogen-bond donors (Lipinski definition) is 0. The molecule has 0 radical (unpaired) electrons. The van der Waals surface area contributed by atoms with E-state index in [0.29, 0.717) is 13.0 Å². The Balaban J connectivity index is 1.49. The number of hydrogen-bond acceptors (Lipinski definition) is 5. The predicted octanol–water partition coefficient (Wildman–Crippen LogP) is 2.59. The van der Waals surface area contributed by atoms with Gasteiger partial charge in [-0.25, -0.2) is 0 Å². The molecule has 0 aromatic carbocycles. The van der Waals surface area contributed by atoms with Crippen molar-refractivity contribution in [3.63, 3.8) is 0 Å². The molecule has 1 unspecified atom stereocenters. The lowest BCUT2D eigenvalue weighted by atomic mass is 9.73. The molecule has 0 aliphatic carbocycles. The number of carbonyl (C=O) groups is 1. The number of likely N-dealkylation sites (tertiary alicyclic amines) is 1. The Morgan fingerprint density at radius 3 is 2.69 bits per heavy atom. The molecular formula is C20H25N5O. The van der Waals surface area contributed by atoms with E-state index in [1.807, 2.05) is 30.0 Å². The lowest BCUT2D eigenvalue weighted by Crippen LogP contribution is -2.54. The van der Waals surface area contributed by atoms with Gasteiger partial charge in [-0.05, 0) is 56.0 Å². The van der Waals surface area contributed by atoms with E-state index in [1.165, 1.54) is 6.42 Å². The Bertz CT molecular complexity index is 764. The second-order valence-electron chi connectivity index (χ2n) is 7.66. The van der Waals surface area contributed by atoms with Crippen molar-refractivity contribution in [1.82, 2.24) is 20.1 Å². The lowest BCUT2D eigenvalue weighted by molar-refractivity contribution is -0.138. The van der Waals surface area contributed by atoms with E-state index < -0.39 is 0 Å². The molecule has 1 amide bonds. The highest BCUT2D eigenvalue weighted by Gasteiger charge is 2.42. The fourth-order valence-electron chi connectivity index (χ4n) is 4.25. The third-order valence-electron chi connectivity index (χ3n) is 5.64. The van der Waals surface area contributed by atoms with Gasteiger partial charge in [0.1, 0.15) is 0 Å². The number of aromatic nitrogens is 3. The summed E-state index contributed by atoms with van der Waals surface area (Å²) in [4.78, 5) is 20.9. The Morgan fingerprint density at radius 1 is 1.08 bits per heavy atom. The molecule has 4 rings (SSSR count). The Labute approximate surface area is 154 Å². The predicted molar refractivity (Wildman–Crippen MR) is 99.5 cm³/mol. The molecule has 2 fully saturated rings. The van der Waals surface area contributed by atoms with E-state index in [4.69, 9.17) is 0 Å². The van der Waals surface area contributed by atoms with Crippen LogP contribution in [0.15, 0.2) is 36.7 Å². The Morgan fingerprint density at radius 2 is 1.92 bits per heavy atom. The molecule has 2 aliphatic rings. The maximum atomic E-state index is 12.5. The first-order valence-corrected chi connectivity index (χ1v) is 9.36. The minimum Gasteiger partial charge on any atom is -0.355 e. The van der Waals surface area contributed by atoms with Gasteiger partial charge >= 0.3 is 0 Å². The summed E-state index contributed by atoms with van der Waals surface area (Å²) in [5.41, 5.74) is 2.24. The van der Waals surface area contributed by atoms with Crippen LogP contribution in [0.4, 0.5) is 5.82 Å². The molecule has 4 heterocycles. The molecule has 1 spiro atoms. The third kappa shape index (κ3) is 3.54. The van der Waals surface area contributed by atoms with Crippen molar-refractivity contribution in [3.05, 3.63) is 47.9 Å². The topological polar surface area (TPSA) is 62.2 Å². The highest BCUT2D eigenvalue weighted by atomic mass is 16.2. The third-order valence-corrected chi connectivity index (χ3v) is 5.64. The second-order valence-corrected chi connectivity index (χ2v) is 7.66. The van der Waals surface area contributed by atoms with Crippen LogP contribution in [0.5, 0.6) is 0 Å². The summed E-state index contributed by atoms with van der Waals surface area (Å²) in [6.07, 6.45) is 7.48. The Kier molecular flexibility index (Phi) is 4.57. The van der Waals surface area contributed by atoms with Gasteiger partial charge in [-0.3, -0.25) is 9.78 Å². The first kappa shape index (κ1) is 16.9. The van der Waals surface area contributed by atoms with Crippen molar-refractivity contribution in [1.29, 1.82) is 0 Å². The molecule has 2 saturated heterocycles. The fraction of sp³-hybridized carbons (Fsp3) is 0.500. The zero-order valence-electron chi connectivity index (χ0n) is 15.3. The van der Waals surface area contributed by atoms with Crippen LogP contribution in [0.2, 0.25) is 0 Å². The second kappa shape index (κ2) is 7.02. The smallest absolute Gasteiger partial charge is 0.222 e. The molecular weight excluding hydrogens is 326 g/mol. The monoisotopic (exact) mass is 351 g/mol. The number of nitrogens with zero attached hydrogens (tertiary/aromatic N) is 5. The normalized spacial score (nSPS) is 23.5. The van der Waals surface area contributed by atoms with Gasteiger partial charge in [-0.2, -0.15) is 5.10 Å². The van der Waals surface area contributed by atoms with Gasteiger partial charge < -0.3 is 9.80 Å². The van der Waals surface area contributed by atoms with Gasteiger partial charge in [-0.15, -0.1) is 5.10 Å². The number of piperidine rings is 2. The number of amides is 1. The molecule has 1 atom stereocenters. The quantitative estimate of drug-likeness (QED) is 0.850. The van der Waals surface area contributed by atoms with Crippen LogP contribution in [0, 0.1) is 12.3 Å². The first-order valence-electron chi connectivity index (χ1n) is 9.36. The molecule has 2 aromatic heterocycles. The zero-order chi connectivity index (χ0) is 18.0. The van der Waals surface area contributed by atoms with Gasteiger partial charge in [0.15, 0.2) is 5.82 Å². The SMILES string of the molecule is Cc1ccc(N2CCCC3(CCC(=O)N(Cc4ccncc4)C3)C2)nn1. The summed E-state index contributed by atoms with van der Waals surface area (Å²) in [5, 5.41) is 8.58. The minimum absolute atomic E-state index is 0.158. The Hall–Kier alpha value is -2.50. The van der Waals surface area contributed by atoms with Crippen LogP contribution in [-0.2, 0) is 11.3 Å². The van der Waals surface area contributed by atoms with Crippen molar-refractivity contribution < 1.29 is 4.79 Å². The van der Waals surface area contributed by atoms with Crippen molar-refractivity contribution in [2.75, 3.05) is 24.5 Å². The molecule has 0 N–H and O–H groups in total.